The van der Waals surface area contributed by atoms with Crippen molar-refractivity contribution in [3.8, 4) is 12.3 Å². The second kappa shape index (κ2) is 6.12. The first-order chi connectivity index (χ1) is 10.6. The number of aliphatic hydroxyl groups is 1. The zero-order chi connectivity index (χ0) is 15.6. The van der Waals surface area contributed by atoms with Gasteiger partial charge in [0.05, 0.1) is 6.54 Å². The van der Waals surface area contributed by atoms with Crippen molar-refractivity contribution in [3.63, 3.8) is 0 Å². The molecule has 2 heterocycles. The van der Waals surface area contributed by atoms with E-state index in [0.717, 1.165) is 31.7 Å². The summed E-state index contributed by atoms with van der Waals surface area (Å²) in [5.74, 6) is 3.26. The minimum atomic E-state index is -1.11. The summed E-state index contributed by atoms with van der Waals surface area (Å²) in [6, 6.07) is 8.55. The minimum Gasteiger partial charge on any atom is -0.381 e. The van der Waals surface area contributed by atoms with Crippen molar-refractivity contribution in [2.45, 2.75) is 44.4 Å². The van der Waals surface area contributed by atoms with Crippen LogP contribution in [0.1, 0.15) is 31.7 Å². The largest absolute Gasteiger partial charge is 0.381 e. The van der Waals surface area contributed by atoms with E-state index >= 15 is 0 Å². The fourth-order valence-corrected chi connectivity index (χ4v) is 3.25. The molecule has 0 amide bonds. The van der Waals surface area contributed by atoms with E-state index in [-0.39, 0.29) is 12.5 Å². The third kappa shape index (κ3) is 2.75. The molecule has 1 fully saturated rings. The highest BCUT2D eigenvalue weighted by Crippen LogP contribution is 2.34. The predicted molar refractivity (Wildman–Crippen MR) is 88.0 cm³/mol. The Balaban J connectivity index is 2.01. The lowest BCUT2D eigenvalue weighted by Gasteiger charge is -2.43. The summed E-state index contributed by atoms with van der Waals surface area (Å²) < 4.78 is 5.49. The molecule has 4 nitrogen and oxygen atoms in total. The van der Waals surface area contributed by atoms with Gasteiger partial charge in [0.25, 0.3) is 0 Å². The summed E-state index contributed by atoms with van der Waals surface area (Å²) in [6.07, 6.45) is 7.55. The summed E-state index contributed by atoms with van der Waals surface area (Å²) in [5, 5.41) is 10.8. The van der Waals surface area contributed by atoms with Crippen molar-refractivity contribution in [3.05, 3.63) is 29.8 Å². The van der Waals surface area contributed by atoms with Gasteiger partial charge in [-0.1, -0.05) is 18.2 Å². The third-order valence-electron chi connectivity index (χ3n) is 4.36. The Kier molecular flexibility index (Phi) is 4.19. The molecule has 3 rings (SSSR count). The fourth-order valence-electron chi connectivity index (χ4n) is 3.25. The van der Waals surface area contributed by atoms with Gasteiger partial charge in [0, 0.05) is 31.4 Å². The molecule has 1 unspecified atom stereocenters. The van der Waals surface area contributed by atoms with Gasteiger partial charge in [-0.2, -0.15) is 0 Å². The summed E-state index contributed by atoms with van der Waals surface area (Å²) in [5.41, 5.74) is 1.21. The monoisotopic (exact) mass is 298 g/mol. The van der Waals surface area contributed by atoms with Gasteiger partial charge in [-0.25, -0.2) is 0 Å². The van der Waals surface area contributed by atoms with Gasteiger partial charge in [-0.05, 0) is 31.4 Å². The Morgan fingerprint density at radius 1 is 1.41 bits per heavy atom. The van der Waals surface area contributed by atoms with Crippen LogP contribution in [0.2, 0.25) is 0 Å². The number of fused-ring (bicyclic) bond motifs is 1. The number of hydrogen-bond donors (Lipinski definition) is 1. The van der Waals surface area contributed by atoms with E-state index in [1.165, 1.54) is 5.56 Å². The van der Waals surface area contributed by atoms with Crippen LogP contribution in [0.3, 0.4) is 0 Å². The molecule has 1 aromatic carbocycles. The summed E-state index contributed by atoms with van der Waals surface area (Å²) in [4.78, 5) is 6.87. The second-order valence-electron chi connectivity index (χ2n) is 6.14. The maximum absolute atomic E-state index is 10.8. The van der Waals surface area contributed by atoms with Crippen LogP contribution in [0.25, 0.3) is 0 Å². The van der Waals surface area contributed by atoms with Gasteiger partial charge in [0.1, 0.15) is 11.4 Å². The van der Waals surface area contributed by atoms with Crippen LogP contribution in [0.15, 0.2) is 29.3 Å². The van der Waals surface area contributed by atoms with Crippen LogP contribution in [0.5, 0.6) is 0 Å². The Hall–Kier alpha value is -1.83. The second-order valence-corrected chi connectivity index (χ2v) is 6.14. The quantitative estimate of drug-likeness (QED) is 0.871. The van der Waals surface area contributed by atoms with Gasteiger partial charge in [-0.3, -0.25) is 4.99 Å². The number of anilines is 1. The lowest BCUT2D eigenvalue weighted by atomic mass is 9.94. The number of aliphatic imine (C=N–C) groups is 1. The molecule has 1 atom stereocenters. The first-order valence-corrected chi connectivity index (χ1v) is 7.79. The van der Waals surface area contributed by atoms with E-state index in [0.29, 0.717) is 12.4 Å². The predicted octanol–water partition coefficient (Wildman–Crippen LogP) is 2.36. The van der Waals surface area contributed by atoms with Crippen LogP contribution >= 0.6 is 0 Å². The van der Waals surface area contributed by atoms with Crippen molar-refractivity contribution in [1.29, 1.82) is 0 Å². The molecule has 0 bridgehead atoms. The van der Waals surface area contributed by atoms with E-state index < -0.39 is 5.60 Å². The number of amidine groups is 1. The molecule has 1 saturated heterocycles. The van der Waals surface area contributed by atoms with E-state index in [9.17, 15) is 5.11 Å². The first kappa shape index (κ1) is 15.1. The summed E-state index contributed by atoms with van der Waals surface area (Å²) >= 11 is 0. The average Bonchev–Trinajstić information content (AvgIpc) is 2.54. The molecule has 0 aromatic heterocycles. The Bertz CT molecular complexity index is 610. The number of terminal acetylenes is 1. The maximum Gasteiger partial charge on any atom is 0.137 e. The lowest BCUT2D eigenvalue weighted by molar-refractivity contribution is 0.0844. The van der Waals surface area contributed by atoms with E-state index in [2.05, 4.69) is 27.9 Å². The van der Waals surface area contributed by atoms with Gasteiger partial charge in [0.15, 0.2) is 0 Å². The third-order valence-corrected chi connectivity index (χ3v) is 4.36. The van der Waals surface area contributed by atoms with Crippen molar-refractivity contribution in [1.82, 2.24) is 0 Å². The molecule has 0 radical (unpaired) electrons. The van der Waals surface area contributed by atoms with Crippen LogP contribution in [0.4, 0.5) is 5.69 Å². The molecule has 1 aromatic rings. The van der Waals surface area contributed by atoms with E-state index in [4.69, 9.17) is 11.2 Å². The van der Waals surface area contributed by atoms with Crippen molar-refractivity contribution >= 4 is 11.5 Å². The molecule has 1 N–H and O–H groups in total. The highest BCUT2D eigenvalue weighted by atomic mass is 16.5. The van der Waals surface area contributed by atoms with Gasteiger partial charge >= 0.3 is 0 Å². The SMILES string of the molecule is C#CCC(C)(O)C1=NCc2ccccc2N1C1CCOCC1. The van der Waals surface area contributed by atoms with Gasteiger partial charge in [-0.15, -0.1) is 12.3 Å². The van der Waals surface area contributed by atoms with Crippen molar-refractivity contribution in [2.24, 2.45) is 4.99 Å². The maximum atomic E-state index is 10.8. The number of benzene rings is 1. The molecular formula is C18H22N2O2. The number of ether oxygens (including phenoxy) is 1. The molecule has 2 aliphatic heterocycles. The van der Waals surface area contributed by atoms with Crippen LogP contribution < -0.4 is 4.90 Å². The molecule has 22 heavy (non-hydrogen) atoms. The Morgan fingerprint density at radius 3 is 2.86 bits per heavy atom. The lowest BCUT2D eigenvalue weighted by Crippen LogP contribution is -2.54. The number of para-hydroxylation sites is 1. The number of hydrogen-bond acceptors (Lipinski definition) is 4. The molecule has 4 heteroatoms. The molecule has 2 aliphatic rings. The molecule has 0 spiro atoms. The Morgan fingerprint density at radius 2 is 2.14 bits per heavy atom. The average molecular weight is 298 g/mol. The minimum absolute atomic E-state index is 0.258. The highest BCUT2D eigenvalue weighted by Gasteiger charge is 2.38. The van der Waals surface area contributed by atoms with Gasteiger partial charge in [0.2, 0.25) is 0 Å². The highest BCUT2D eigenvalue weighted by molar-refractivity contribution is 6.05. The molecular weight excluding hydrogens is 276 g/mol. The Labute approximate surface area is 131 Å². The molecule has 0 aliphatic carbocycles. The van der Waals surface area contributed by atoms with Crippen LogP contribution in [-0.4, -0.2) is 35.8 Å². The standard InChI is InChI=1S/C18H22N2O2/c1-3-10-18(2,21)17-19-13-14-6-4-5-7-16(14)20(17)15-8-11-22-12-9-15/h1,4-7,15,21H,8-13H2,2H3. The first-order valence-electron chi connectivity index (χ1n) is 7.79. The summed E-state index contributed by atoms with van der Waals surface area (Å²) in [6.45, 7) is 3.83. The van der Waals surface area contributed by atoms with Gasteiger partial charge < -0.3 is 14.7 Å². The van der Waals surface area contributed by atoms with Crippen molar-refractivity contribution < 1.29 is 9.84 Å². The number of nitrogens with zero attached hydrogens (tertiary/aromatic N) is 2. The zero-order valence-electron chi connectivity index (χ0n) is 13.0. The van der Waals surface area contributed by atoms with E-state index in [1.54, 1.807) is 6.92 Å². The fraction of sp³-hybridized carbons (Fsp3) is 0.500. The normalized spacial score (nSPS) is 21.5. The topological polar surface area (TPSA) is 45.1 Å². The smallest absolute Gasteiger partial charge is 0.137 e. The zero-order valence-corrected chi connectivity index (χ0v) is 13.0. The van der Waals surface area contributed by atoms with E-state index in [1.807, 2.05) is 12.1 Å². The van der Waals surface area contributed by atoms with Crippen molar-refractivity contribution in [2.75, 3.05) is 18.1 Å². The summed E-state index contributed by atoms with van der Waals surface area (Å²) in [7, 11) is 0. The number of rotatable bonds is 3. The van der Waals surface area contributed by atoms with Crippen LogP contribution in [0, 0.1) is 12.3 Å². The molecule has 116 valence electrons. The molecule has 0 saturated carbocycles. The van der Waals surface area contributed by atoms with Crippen LogP contribution in [-0.2, 0) is 11.3 Å².